The Morgan fingerprint density at radius 2 is 0.926 bits per heavy atom. The van der Waals surface area contributed by atoms with Gasteiger partial charge in [0.1, 0.15) is 0 Å². The van der Waals surface area contributed by atoms with Crippen molar-refractivity contribution >= 4 is 114 Å². The highest BCUT2D eigenvalue weighted by molar-refractivity contribution is 7.19. The van der Waals surface area contributed by atoms with Gasteiger partial charge in [-0.1, -0.05) is 142 Å². The van der Waals surface area contributed by atoms with Crippen molar-refractivity contribution in [2.24, 2.45) is 0 Å². The van der Waals surface area contributed by atoms with Crippen LogP contribution in [0.3, 0.4) is 0 Å². The number of carbonyl (C=O) groups is 2. The summed E-state index contributed by atoms with van der Waals surface area (Å²) in [5.41, 5.74) is 10.3. The summed E-state index contributed by atoms with van der Waals surface area (Å²) in [6.45, 7) is -0.653. The Balaban J connectivity index is 1.03. The molecule has 0 saturated heterocycles. The fraction of sp³-hybridized carbons (Fsp3) is 0.160. The Morgan fingerprint density at radius 1 is 0.500 bits per heavy atom. The van der Waals surface area contributed by atoms with Crippen LogP contribution in [0.5, 0.6) is 0 Å². The SMILES string of the molecule is CCCCCCc1cc([N+](=O)[O-])sc1-c1ccc2c(c1)C1=Cc3c4cc(-c5sc([N+](=O)[O-])cc5CCCCCC)ccc4c(-c4ccc(N(c5ccccc5)c5ccc(C(=O)O)cc5)cc4)n3[B-](F)(F)[N+]1=C2c1ccc(N(c2ccccc2)c2ccc(C(=O)O)cc2)cc1. The minimum atomic E-state index is -4.90. The molecule has 0 spiro atoms. The molecular weight excluding hydrogens is 1230 g/mol. The Labute approximate surface area is 549 Å². The van der Waals surface area contributed by atoms with Gasteiger partial charge in [-0.05, 0) is 181 Å². The van der Waals surface area contributed by atoms with E-state index in [1.54, 1.807) is 36.4 Å². The molecule has 2 aliphatic heterocycles. The molecule has 19 heteroatoms. The van der Waals surface area contributed by atoms with Gasteiger partial charge in [0.25, 0.3) is 0 Å². The molecule has 0 bridgehead atoms. The minimum Gasteiger partial charge on any atom is -0.478 e. The maximum absolute atomic E-state index is 19.7. The monoisotopic (exact) mass is 1290 g/mol. The zero-order chi connectivity index (χ0) is 65.4. The summed E-state index contributed by atoms with van der Waals surface area (Å²) in [7, 11) is 0. The maximum atomic E-state index is 19.7. The third-order valence-electron chi connectivity index (χ3n) is 17.6. The average Bonchev–Trinajstić information content (AvgIpc) is 1.52. The number of aromatic carboxylic acids is 2. The number of carboxylic acids is 2. The van der Waals surface area contributed by atoms with Gasteiger partial charge in [-0.2, -0.15) is 0 Å². The standard InChI is InChI=1S/C75H63BF2N6O8S2/c1-3-5-7-11-17-52-45-68(83(89)90)93-72(52)54-31-41-62-64(43-54)66-47-67-65-44-55(73-53(18-12-8-6-4-2)46-69(94-73)84(91)92)32-42-63(65)71(49-25-35-59(36-26-49)80(57-21-15-10-16-22-57)61-39-29-51(30-40-61)75(87)88)82(67)76(77,78)81(66)70(62)48-23-33-58(34-24-48)79(56-19-13-9-14-20-56)60-37-27-50(28-38-60)74(85)86/h9-10,13-16,19-47H,3-8,11-12,17-18H2,1-2H3,(H,85,86)(H,87,88). The number of thiophene rings is 2. The number of anilines is 6. The first-order valence-electron chi connectivity index (χ1n) is 31.5. The van der Waals surface area contributed by atoms with Gasteiger partial charge in [-0.15, -0.1) is 0 Å². The summed E-state index contributed by atoms with van der Waals surface area (Å²) in [4.78, 5) is 53.5. The van der Waals surface area contributed by atoms with E-state index in [1.807, 2.05) is 161 Å². The van der Waals surface area contributed by atoms with Gasteiger partial charge < -0.3 is 37.6 Å². The maximum Gasteiger partial charge on any atom is 0.737 e. The van der Waals surface area contributed by atoms with Gasteiger partial charge in [-0.25, -0.2) is 9.59 Å². The molecule has 5 heterocycles. The van der Waals surface area contributed by atoms with Crippen LogP contribution in [0, 0.1) is 20.2 Å². The van der Waals surface area contributed by atoms with Gasteiger partial charge in [0.05, 0.1) is 32.1 Å². The number of carboxylic acid groups (broad SMARTS) is 2. The van der Waals surface area contributed by atoms with Gasteiger partial charge in [0, 0.05) is 89.8 Å². The fourth-order valence-electron chi connectivity index (χ4n) is 13.2. The molecule has 0 amide bonds. The van der Waals surface area contributed by atoms with Crippen LogP contribution in [-0.4, -0.2) is 53.6 Å². The second-order valence-corrected chi connectivity index (χ2v) is 25.7. The highest BCUT2D eigenvalue weighted by Crippen LogP contribution is 2.51. The summed E-state index contributed by atoms with van der Waals surface area (Å²) in [6.07, 6.45) is 10.6. The molecule has 0 saturated carbocycles. The predicted molar refractivity (Wildman–Crippen MR) is 374 cm³/mol. The van der Waals surface area contributed by atoms with E-state index in [-0.39, 0.29) is 53.8 Å². The fourth-order valence-corrected chi connectivity index (χ4v) is 15.2. The van der Waals surface area contributed by atoms with Crippen LogP contribution in [0.25, 0.3) is 54.7 Å². The summed E-state index contributed by atoms with van der Waals surface area (Å²) in [5, 5.41) is 45.5. The zero-order valence-electron chi connectivity index (χ0n) is 51.5. The van der Waals surface area contributed by atoms with Crippen LogP contribution in [0.1, 0.15) is 119 Å². The third-order valence-corrected chi connectivity index (χ3v) is 20.0. The minimum absolute atomic E-state index is 0.00731. The first-order chi connectivity index (χ1) is 45.6. The summed E-state index contributed by atoms with van der Waals surface area (Å²) in [5.74, 6) is -2.13. The topological polar surface area (TPSA) is 175 Å². The summed E-state index contributed by atoms with van der Waals surface area (Å²) < 4.78 is 41.8. The van der Waals surface area contributed by atoms with E-state index < -0.39 is 18.9 Å². The Kier molecular flexibility index (Phi) is 17.3. The Bertz CT molecular complexity index is 4800. The number of rotatable bonds is 24. The Morgan fingerprint density at radius 3 is 1.38 bits per heavy atom. The van der Waals surface area contributed by atoms with E-state index in [0.29, 0.717) is 89.5 Å². The Hall–Kier alpha value is -10.6. The molecule has 0 radical (unpaired) electrons. The number of aryl methyl sites for hydroxylation is 2. The molecule has 11 aromatic rings. The molecule has 0 unspecified atom stereocenters. The molecule has 94 heavy (non-hydrogen) atoms. The third kappa shape index (κ3) is 11.8. The molecule has 8 aromatic carbocycles. The second kappa shape index (κ2) is 26.2. The largest absolute Gasteiger partial charge is 0.737 e. The van der Waals surface area contributed by atoms with Gasteiger partial charge >= 0.3 is 28.9 Å². The zero-order valence-corrected chi connectivity index (χ0v) is 53.1. The lowest BCUT2D eigenvalue weighted by molar-refractivity contribution is -0.380. The lowest BCUT2D eigenvalue weighted by Crippen LogP contribution is -2.50. The number of nitrogens with zero attached hydrogens (tertiary/aromatic N) is 6. The number of benzene rings is 8. The van der Waals surface area contributed by atoms with E-state index in [0.717, 1.165) is 106 Å². The number of para-hydroxylation sites is 2. The number of fused-ring (bicyclic) bond motifs is 6. The number of hydrogen-bond acceptors (Lipinski definition) is 10. The first-order valence-corrected chi connectivity index (χ1v) is 33.1. The first kappa shape index (κ1) is 62.2. The predicted octanol–water partition coefficient (Wildman–Crippen LogP) is 20.8. The quantitative estimate of drug-likeness (QED) is 0.0256. The highest BCUT2D eigenvalue weighted by Gasteiger charge is 2.56. The number of aromatic nitrogens is 1. The van der Waals surface area contributed by atoms with Crippen molar-refractivity contribution in [1.29, 1.82) is 0 Å². The summed E-state index contributed by atoms with van der Waals surface area (Å²) >= 11 is 2.15. The van der Waals surface area contributed by atoms with E-state index in [4.69, 9.17) is 0 Å². The van der Waals surface area contributed by atoms with Crippen LogP contribution < -0.4 is 9.80 Å². The lowest BCUT2D eigenvalue weighted by Gasteiger charge is -2.31. The number of halogens is 2. The van der Waals surface area contributed by atoms with E-state index in [9.17, 15) is 40.0 Å². The van der Waals surface area contributed by atoms with Crippen molar-refractivity contribution in [1.82, 2.24) is 4.48 Å². The molecule has 3 aromatic heterocycles. The second-order valence-electron chi connectivity index (χ2n) is 23.6. The molecule has 2 aliphatic rings. The van der Waals surface area contributed by atoms with Crippen molar-refractivity contribution < 1.29 is 42.8 Å². The molecule has 470 valence electrons. The van der Waals surface area contributed by atoms with Crippen LogP contribution in [-0.2, 0) is 12.8 Å². The van der Waals surface area contributed by atoms with Gasteiger partial charge in [0.15, 0.2) is 11.4 Å². The number of unbranched alkanes of at least 4 members (excludes halogenated alkanes) is 6. The van der Waals surface area contributed by atoms with Gasteiger partial charge in [-0.3, -0.25) is 20.2 Å². The lowest BCUT2D eigenvalue weighted by atomic mass is 9.88. The molecule has 0 aliphatic carbocycles. The molecule has 2 N–H and O–H groups in total. The van der Waals surface area contributed by atoms with Crippen LogP contribution >= 0.6 is 22.7 Å². The normalized spacial score (nSPS) is 12.9. The van der Waals surface area contributed by atoms with Crippen LogP contribution in [0.2, 0.25) is 0 Å². The van der Waals surface area contributed by atoms with Crippen molar-refractivity contribution in [2.45, 2.75) is 78.1 Å². The smallest absolute Gasteiger partial charge is 0.478 e. The van der Waals surface area contributed by atoms with Crippen molar-refractivity contribution in [2.75, 3.05) is 9.80 Å². The van der Waals surface area contributed by atoms with E-state index >= 15 is 8.63 Å². The summed E-state index contributed by atoms with van der Waals surface area (Å²) in [6, 6.07) is 61.3. The number of nitro groups is 2. The van der Waals surface area contributed by atoms with Crippen LogP contribution in [0.4, 0.5) is 52.8 Å². The molecular formula is C75H63BF2N6O8S2. The van der Waals surface area contributed by atoms with Crippen molar-refractivity contribution in [3.05, 3.63) is 271 Å². The van der Waals surface area contributed by atoms with E-state index in [1.165, 1.54) is 24.3 Å². The average molecular weight is 1290 g/mol. The molecule has 13 rings (SSSR count). The van der Waals surface area contributed by atoms with Crippen LogP contribution in [0.15, 0.2) is 206 Å². The molecule has 0 fully saturated rings. The number of hydrogen-bond donors (Lipinski definition) is 2. The van der Waals surface area contributed by atoms with Gasteiger partial charge in [0.2, 0.25) is 0 Å². The van der Waals surface area contributed by atoms with Crippen molar-refractivity contribution in [3.63, 3.8) is 0 Å². The molecule has 0 atom stereocenters. The molecule has 14 nitrogen and oxygen atoms in total. The highest BCUT2D eigenvalue weighted by atomic mass is 32.1. The van der Waals surface area contributed by atoms with E-state index in [2.05, 4.69) is 13.8 Å². The van der Waals surface area contributed by atoms with Crippen molar-refractivity contribution in [3.8, 4) is 32.1 Å².